The van der Waals surface area contributed by atoms with Crippen LogP contribution in [0.25, 0.3) is 6.08 Å². The van der Waals surface area contributed by atoms with E-state index in [1.165, 1.54) is 16.7 Å². The molecule has 0 aromatic heterocycles. The van der Waals surface area contributed by atoms with Gasteiger partial charge in [-0.25, -0.2) is 0 Å². The quantitative estimate of drug-likeness (QED) is 0.617. The lowest BCUT2D eigenvalue weighted by molar-refractivity contribution is 0.399. The predicted octanol–water partition coefficient (Wildman–Crippen LogP) is 6.12. The molecule has 126 valence electrons. The van der Waals surface area contributed by atoms with Crippen LogP contribution in [0.1, 0.15) is 56.9 Å². The van der Waals surface area contributed by atoms with E-state index >= 15 is 0 Å². The molecule has 0 saturated carbocycles. The molecule has 1 nitrogen and oxygen atoms in total. The molecular formula is C23H28O. The Bertz CT molecular complexity index is 755. The number of ether oxygens (including phenoxy) is 1. The zero-order chi connectivity index (χ0) is 18.0. The van der Waals surface area contributed by atoms with E-state index < -0.39 is 0 Å². The molecule has 0 atom stereocenters. The Labute approximate surface area is 146 Å². The molecule has 0 aliphatic rings. The highest BCUT2D eigenvalue weighted by Gasteiger charge is 2.30. The van der Waals surface area contributed by atoms with Crippen LogP contribution in [0, 0.1) is 0 Å². The van der Waals surface area contributed by atoms with Crippen LogP contribution in [-0.2, 0) is 10.8 Å². The van der Waals surface area contributed by atoms with Gasteiger partial charge < -0.3 is 4.74 Å². The highest BCUT2D eigenvalue weighted by molar-refractivity contribution is 5.64. The van der Waals surface area contributed by atoms with Gasteiger partial charge in [0, 0.05) is 16.5 Å². The van der Waals surface area contributed by atoms with Crippen molar-refractivity contribution in [3.63, 3.8) is 0 Å². The first-order chi connectivity index (χ1) is 11.2. The summed E-state index contributed by atoms with van der Waals surface area (Å²) in [5.74, 6) is 0.896. The van der Waals surface area contributed by atoms with Crippen molar-refractivity contribution in [3.05, 3.63) is 77.0 Å². The average Bonchev–Trinajstić information content (AvgIpc) is 2.54. The minimum Gasteiger partial charge on any atom is -0.496 e. The van der Waals surface area contributed by atoms with Gasteiger partial charge in [-0.15, -0.1) is 5.73 Å². The highest BCUT2D eigenvalue weighted by Crippen LogP contribution is 2.42. The summed E-state index contributed by atoms with van der Waals surface area (Å²) in [5, 5.41) is 0. The lowest BCUT2D eigenvalue weighted by Crippen LogP contribution is -2.22. The third-order valence-corrected chi connectivity index (χ3v) is 4.61. The Kier molecular flexibility index (Phi) is 5.06. The fraction of sp³-hybridized carbons (Fsp3) is 0.348. The fourth-order valence-electron chi connectivity index (χ4n) is 3.00. The Balaban J connectivity index is 2.80. The van der Waals surface area contributed by atoms with Gasteiger partial charge in [0.05, 0.1) is 7.11 Å². The monoisotopic (exact) mass is 320 g/mol. The van der Waals surface area contributed by atoms with Crippen molar-refractivity contribution in [2.75, 3.05) is 7.11 Å². The van der Waals surface area contributed by atoms with Crippen LogP contribution in [0.15, 0.2) is 54.8 Å². The van der Waals surface area contributed by atoms with Gasteiger partial charge in [0.2, 0.25) is 0 Å². The Morgan fingerprint density at radius 2 is 1.58 bits per heavy atom. The lowest BCUT2D eigenvalue weighted by Gasteiger charge is -2.31. The molecule has 24 heavy (non-hydrogen) atoms. The number of rotatable bonds is 4. The van der Waals surface area contributed by atoms with Crippen molar-refractivity contribution in [1.29, 1.82) is 0 Å². The van der Waals surface area contributed by atoms with Crippen molar-refractivity contribution in [3.8, 4) is 5.75 Å². The summed E-state index contributed by atoms with van der Waals surface area (Å²) >= 11 is 0. The lowest BCUT2D eigenvalue weighted by atomic mass is 9.74. The first-order valence-electron chi connectivity index (χ1n) is 8.36. The molecule has 1 heteroatoms. The fourth-order valence-corrected chi connectivity index (χ4v) is 3.00. The van der Waals surface area contributed by atoms with Crippen LogP contribution in [0.3, 0.4) is 0 Å². The minimum atomic E-state index is -0.169. The molecule has 0 radical (unpaired) electrons. The van der Waals surface area contributed by atoms with Crippen LogP contribution in [-0.4, -0.2) is 7.11 Å². The van der Waals surface area contributed by atoms with Crippen LogP contribution >= 0.6 is 0 Å². The summed E-state index contributed by atoms with van der Waals surface area (Å²) in [6, 6.07) is 15.0. The molecule has 0 unspecified atom stereocenters. The second-order valence-corrected chi connectivity index (χ2v) is 7.74. The molecule has 0 fully saturated rings. The Hall–Kier alpha value is -2.24. The molecule has 0 amide bonds. The highest BCUT2D eigenvalue weighted by atomic mass is 16.5. The third-order valence-electron chi connectivity index (χ3n) is 4.61. The van der Waals surface area contributed by atoms with E-state index in [0.717, 1.165) is 11.3 Å². The molecule has 0 aliphatic carbocycles. The standard InChI is InChI=1S/C23H28O/c1-8-12-17-15-19(22(2,3)4)16-20(21(17)24-7)23(5,6)18-13-10-9-11-14-18/h9-16H,1H2,2-7H3. The molecule has 0 heterocycles. The normalized spacial score (nSPS) is 11.8. The van der Waals surface area contributed by atoms with E-state index in [1.54, 1.807) is 7.11 Å². The number of hydrogen-bond acceptors (Lipinski definition) is 1. The smallest absolute Gasteiger partial charge is 0.130 e. The van der Waals surface area contributed by atoms with Crippen LogP contribution < -0.4 is 4.74 Å². The predicted molar refractivity (Wildman–Crippen MR) is 104 cm³/mol. The maximum Gasteiger partial charge on any atom is 0.130 e. The average molecular weight is 320 g/mol. The van der Waals surface area contributed by atoms with Crippen LogP contribution in [0.4, 0.5) is 0 Å². The maximum atomic E-state index is 5.81. The van der Waals surface area contributed by atoms with Gasteiger partial charge in [-0.05, 0) is 28.7 Å². The van der Waals surface area contributed by atoms with E-state index in [2.05, 4.69) is 83.3 Å². The van der Waals surface area contributed by atoms with Crippen molar-refractivity contribution in [2.45, 2.75) is 45.4 Å². The molecule has 2 aromatic carbocycles. The zero-order valence-electron chi connectivity index (χ0n) is 15.7. The van der Waals surface area contributed by atoms with Gasteiger partial charge >= 0.3 is 0 Å². The number of benzene rings is 2. The summed E-state index contributed by atoms with van der Waals surface area (Å²) in [4.78, 5) is 0. The van der Waals surface area contributed by atoms with E-state index in [1.807, 2.05) is 12.1 Å². The summed E-state index contributed by atoms with van der Waals surface area (Å²) in [6.07, 6.45) is 1.90. The molecule has 2 rings (SSSR count). The number of methoxy groups -OCH3 is 1. The second-order valence-electron chi connectivity index (χ2n) is 7.74. The Morgan fingerprint density at radius 1 is 0.958 bits per heavy atom. The third kappa shape index (κ3) is 3.47. The molecule has 0 N–H and O–H groups in total. The second kappa shape index (κ2) is 6.71. The van der Waals surface area contributed by atoms with E-state index in [9.17, 15) is 0 Å². The topological polar surface area (TPSA) is 9.23 Å². The SMILES string of the molecule is C=C=Cc1cc(C(C)(C)C)cc(C(C)(C)c2ccccc2)c1OC. The van der Waals surface area contributed by atoms with E-state index in [0.29, 0.717) is 0 Å². The Morgan fingerprint density at radius 3 is 2.08 bits per heavy atom. The van der Waals surface area contributed by atoms with Crippen molar-refractivity contribution >= 4 is 6.08 Å². The summed E-state index contributed by atoms with van der Waals surface area (Å²) in [6.45, 7) is 14.9. The van der Waals surface area contributed by atoms with Crippen molar-refractivity contribution in [1.82, 2.24) is 0 Å². The van der Waals surface area contributed by atoms with Crippen LogP contribution in [0.5, 0.6) is 5.75 Å². The molecule has 0 aliphatic heterocycles. The molecule has 2 aromatic rings. The van der Waals surface area contributed by atoms with Gasteiger partial charge in [0.25, 0.3) is 0 Å². The van der Waals surface area contributed by atoms with Gasteiger partial charge in [0.15, 0.2) is 0 Å². The number of hydrogen-bond donors (Lipinski definition) is 0. The van der Waals surface area contributed by atoms with Crippen molar-refractivity contribution < 1.29 is 4.74 Å². The zero-order valence-corrected chi connectivity index (χ0v) is 15.7. The van der Waals surface area contributed by atoms with Gasteiger partial charge in [-0.2, -0.15) is 0 Å². The molecule has 0 saturated heterocycles. The first kappa shape index (κ1) is 18.1. The minimum absolute atomic E-state index is 0.0531. The first-order valence-corrected chi connectivity index (χ1v) is 8.36. The van der Waals surface area contributed by atoms with Gasteiger partial charge in [-0.1, -0.05) is 77.6 Å². The largest absolute Gasteiger partial charge is 0.496 e. The molecule has 0 spiro atoms. The summed E-state index contributed by atoms with van der Waals surface area (Å²) in [5.41, 5.74) is 7.54. The maximum absolute atomic E-state index is 5.81. The van der Waals surface area contributed by atoms with Gasteiger partial charge in [-0.3, -0.25) is 0 Å². The van der Waals surface area contributed by atoms with Crippen LogP contribution in [0.2, 0.25) is 0 Å². The molecular weight excluding hydrogens is 292 g/mol. The van der Waals surface area contributed by atoms with Gasteiger partial charge in [0.1, 0.15) is 5.75 Å². The molecule has 0 bridgehead atoms. The summed E-state index contributed by atoms with van der Waals surface area (Å²) in [7, 11) is 1.73. The summed E-state index contributed by atoms with van der Waals surface area (Å²) < 4.78 is 5.81. The van der Waals surface area contributed by atoms with Crippen molar-refractivity contribution in [2.24, 2.45) is 0 Å². The van der Waals surface area contributed by atoms with E-state index in [-0.39, 0.29) is 10.8 Å². The van der Waals surface area contributed by atoms with E-state index in [4.69, 9.17) is 4.74 Å².